The highest BCUT2D eigenvalue weighted by Crippen LogP contribution is 2.26. The number of carbonyl (C=O) groups excluding carboxylic acids is 1. The second-order valence-electron chi connectivity index (χ2n) is 6.26. The van der Waals surface area contributed by atoms with Crippen LogP contribution >= 0.6 is 35.0 Å². The summed E-state index contributed by atoms with van der Waals surface area (Å²) in [7, 11) is 1.60. The molecule has 1 amide bonds. The maximum absolute atomic E-state index is 12.3. The molecular weight excluding hydrogens is 459 g/mol. The Labute approximate surface area is 194 Å². The van der Waals surface area contributed by atoms with E-state index in [1.165, 1.54) is 11.8 Å². The summed E-state index contributed by atoms with van der Waals surface area (Å²) in [5.41, 5.74) is 0.450. The number of benzene rings is 2. The molecule has 0 spiro atoms. The van der Waals surface area contributed by atoms with E-state index in [-0.39, 0.29) is 11.7 Å². The van der Waals surface area contributed by atoms with E-state index < -0.39 is 0 Å². The number of amidine groups is 1. The average Bonchev–Trinajstić information content (AvgIpc) is 2.75. The number of hydrogen-bond donors (Lipinski definition) is 1. The third kappa shape index (κ3) is 6.92. The fourth-order valence-electron chi connectivity index (χ4n) is 2.54. The minimum absolute atomic E-state index is 0.0862. The van der Waals surface area contributed by atoms with E-state index in [1.54, 1.807) is 60.7 Å². The van der Waals surface area contributed by atoms with Gasteiger partial charge in [0.25, 0.3) is 0 Å². The molecule has 0 aromatic heterocycles. The Bertz CT molecular complexity index is 1010. The van der Waals surface area contributed by atoms with Crippen molar-refractivity contribution >= 4 is 57.6 Å². The van der Waals surface area contributed by atoms with Crippen molar-refractivity contribution in [1.82, 2.24) is 5.01 Å². The van der Waals surface area contributed by atoms with Crippen molar-refractivity contribution in [3.63, 3.8) is 0 Å². The molecule has 1 heterocycles. The van der Waals surface area contributed by atoms with Gasteiger partial charge in [-0.2, -0.15) is 4.99 Å². The Morgan fingerprint density at radius 3 is 2.71 bits per heavy atom. The van der Waals surface area contributed by atoms with Gasteiger partial charge in [-0.25, -0.2) is 0 Å². The summed E-state index contributed by atoms with van der Waals surface area (Å²) in [6.45, 7) is 4.64. The van der Waals surface area contributed by atoms with E-state index in [4.69, 9.17) is 32.7 Å². The monoisotopic (exact) mass is 478 g/mol. The first-order chi connectivity index (χ1) is 15.0. The van der Waals surface area contributed by atoms with Gasteiger partial charge in [-0.05, 0) is 42.5 Å². The predicted molar refractivity (Wildman–Crippen MR) is 128 cm³/mol. The zero-order valence-corrected chi connectivity index (χ0v) is 19.0. The molecule has 0 fully saturated rings. The maximum Gasteiger partial charge on any atom is 0.234 e. The summed E-state index contributed by atoms with van der Waals surface area (Å²) in [4.78, 5) is 16.8. The molecule has 0 atom stereocenters. The molecule has 1 N–H and O–H groups in total. The van der Waals surface area contributed by atoms with Crippen LogP contribution in [0, 0.1) is 0 Å². The molecule has 1 aliphatic heterocycles. The molecular formula is C21H20Cl2N4O3S. The van der Waals surface area contributed by atoms with Gasteiger partial charge in [0.1, 0.15) is 18.0 Å². The first kappa shape index (κ1) is 23.0. The van der Waals surface area contributed by atoms with E-state index in [0.29, 0.717) is 45.6 Å². The molecule has 10 heteroatoms. The molecule has 0 saturated heterocycles. The van der Waals surface area contributed by atoms with Crippen LogP contribution in [0.5, 0.6) is 11.5 Å². The van der Waals surface area contributed by atoms with Gasteiger partial charge in [0.15, 0.2) is 0 Å². The fraction of sp³-hybridized carbons (Fsp3) is 0.190. The number of halogens is 2. The van der Waals surface area contributed by atoms with Gasteiger partial charge in [-0.15, -0.1) is 11.7 Å². The van der Waals surface area contributed by atoms with Crippen LogP contribution in [0.1, 0.15) is 0 Å². The lowest BCUT2D eigenvalue weighted by Crippen LogP contribution is -2.33. The smallest absolute Gasteiger partial charge is 0.234 e. The maximum atomic E-state index is 12.3. The topological polar surface area (TPSA) is 75.5 Å². The Kier molecular flexibility index (Phi) is 8.22. The third-order valence-corrected chi connectivity index (χ3v) is 5.34. The zero-order chi connectivity index (χ0) is 22.2. The second-order valence-corrected chi connectivity index (χ2v) is 8.05. The summed E-state index contributed by atoms with van der Waals surface area (Å²) in [5, 5.41) is 10.2. The van der Waals surface area contributed by atoms with Gasteiger partial charge in [0, 0.05) is 5.02 Å². The Morgan fingerprint density at radius 2 is 2.00 bits per heavy atom. The molecule has 31 heavy (non-hydrogen) atoms. The lowest BCUT2D eigenvalue weighted by molar-refractivity contribution is -0.113. The first-order valence-electron chi connectivity index (χ1n) is 9.18. The molecule has 162 valence electrons. The number of aliphatic imine (C=N–C) groups is 1. The van der Waals surface area contributed by atoms with Gasteiger partial charge >= 0.3 is 0 Å². The van der Waals surface area contributed by atoms with E-state index in [9.17, 15) is 4.79 Å². The summed E-state index contributed by atoms with van der Waals surface area (Å²) in [6.07, 6.45) is 1.73. The highest BCUT2D eigenvalue weighted by Gasteiger charge is 2.18. The van der Waals surface area contributed by atoms with E-state index in [0.717, 1.165) is 5.75 Å². The van der Waals surface area contributed by atoms with Crippen molar-refractivity contribution < 1.29 is 14.3 Å². The van der Waals surface area contributed by atoms with Crippen LogP contribution in [0.4, 0.5) is 5.69 Å². The number of hydrazone groups is 1. The van der Waals surface area contributed by atoms with Crippen molar-refractivity contribution in [1.29, 1.82) is 0 Å². The molecule has 0 saturated carbocycles. The van der Waals surface area contributed by atoms with Crippen LogP contribution in [-0.4, -0.2) is 47.9 Å². The molecule has 0 unspecified atom stereocenters. The normalized spacial score (nSPS) is 13.2. The highest BCUT2D eigenvalue weighted by molar-refractivity contribution is 8.14. The SMILES string of the molecule is C=CCN1CC(Oc2ccc(OC)cc2)=NC(SCC(=O)Nc2cc(Cl)ccc2Cl)=N1. The molecule has 2 aromatic rings. The van der Waals surface area contributed by atoms with Crippen LogP contribution in [0.3, 0.4) is 0 Å². The van der Waals surface area contributed by atoms with E-state index >= 15 is 0 Å². The number of carbonyl (C=O) groups is 1. The molecule has 0 bridgehead atoms. The van der Waals surface area contributed by atoms with Gasteiger partial charge in [-0.3, -0.25) is 9.80 Å². The Morgan fingerprint density at radius 1 is 1.26 bits per heavy atom. The van der Waals surface area contributed by atoms with E-state index in [1.807, 2.05) is 0 Å². The lowest BCUT2D eigenvalue weighted by Gasteiger charge is -2.23. The molecule has 2 aromatic carbocycles. The van der Waals surface area contributed by atoms with Crippen molar-refractivity contribution in [2.75, 3.05) is 31.3 Å². The lowest BCUT2D eigenvalue weighted by atomic mass is 10.3. The largest absolute Gasteiger partial charge is 0.497 e. The predicted octanol–water partition coefficient (Wildman–Crippen LogP) is 4.92. The minimum Gasteiger partial charge on any atom is -0.497 e. The number of anilines is 1. The van der Waals surface area contributed by atoms with Gasteiger partial charge in [0.2, 0.25) is 17.0 Å². The number of ether oxygens (including phenoxy) is 2. The summed E-state index contributed by atoms with van der Waals surface area (Å²) >= 11 is 13.2. The molecule has 7 nitrogen and oxygen atoms in total. The summed E-state index contributed by atoms with van der Waals surface area (Å²) in [6, 6.07) is 12.1. The van der Waals surface area contributed by atoms with Crippen molar-refractivity contribution in [2.45, 2.75) is 0 Å². The first-order valence-corrected chi connectivity index (χ1v) is 10.9. The van der Waals surface area contributed by atoms with Gasteiger partial charge in [-0.1, -0.05) is 41.0 Å². The summed E-state index contributed by atoms with van der Waals surface area (Å²) in [5.74, 6) is 1.64. The number of amides is 1. The quantitative estimate of drug-likeness (QED) is 0.571. The number of rotatable bonds is 7. The molecule has 3 rings (SSSR count). The molecule has 0 aliphatic carbocycles. The van der Waals surface area contributed by atoms with Gasteiger partial charge in [0.05, 0.1) is 30.1 Å². The second kappa shape index (κ2) is 11.1. The van der Waals surface area contributed by atoms with Crippen molar-refractivity contribution in [3.05, 3.63) is 65.2 Å². The standard InChI is InChI=1S/C21H20Cl2N4O3S/c1-3-10-27-12-20(30-16-7-5-15(29-2)6-8-16)25-21(26-27)31-13-19(28)24-18-11-14(22)4-9-17(18)23/h3-9,11H,1,10,12-13H2,2H3,(H,24,28). The molecule has 1 aliphatic rings. The molecule has 0 radical (unpaired) electrons. The third-order valence-electron chi connectivity index (χ3n) is 3.93. The van der Waals surface area contributed by atoms with Crippen LogP contribution in [0.25, 0.3) is 0 Å². The summed E-state index contributed by atoms with van der Waals surface area (Å²) < 4.78 is 11.0. The number of thioether (sulfide) groups is 1. The highest BCUT2D eigenvalue weighted by atomic mass is 35.5. The number of methoxy groups -OCH3 is 1. The number of hydrogen-bond acceptors (Lipinski definition) is 7. The van der Waals surface area contributed by atoms with Crippen LogP contribution in [0.2, 0.25) is 10.0 Å². The zero-order valence-electron chi connectivity index (χ0n) is 16.7. The van der Waals surface area contributed by atoms with Crippen LogP contribution in [0.15, 0.2) is 65.2 Å². The number of nitrogens with one attached hydrogen (secondary N) is 1. The van der Waals surface area contributed by atoms with E-state index in [2.05, 4.69) is 22.0 Å². The van der Waals surface area contributed by atoms with Crippen molar-refractivity contribution in [2.24, 2.45) is 10.1 Å². The average molecular weight is 479 g/mol. The minimum atomic E-state index is -0.259. The Hall–Kier alpha value is -2.68. The van der Waals surface area contributed by atoms with Crippen LogP contribution in [-0.2, 0) is 4.79 Å². The number of nitrogens with zero attached hydrogens (tertiary/aromatic N) is 3. The van der Waals surface area contributed by atoms with Crippen molar-refractivity contribution in [3.8, 4) is 11.5 Å². The Balaban J connectivity index is 1.64. The van der Waals surface area contributed by atoms with Crippen LogP contribution < -0.4 is 14.8 Å². The fourth-order valence-corrected chi connectivity index (χ4v) is 3.55. The van der Waals surface area contributed by atoms with Gasteiger partial charge < -0.3 is 14.8 Å².